The number of likely N-dealkylation sites (tertiary alicyclic amines) is 1. The first kappa shape index (κ1) is 10.7. The average Bonchev–Trinajstić information content (AvgIpc) is 2.98. The molecule has 2 aliphatic rings. The lowest BCUT2D eigenvalue weighted by Gasteiger charge is -2.30. The van der Waals surface area contributed by atoms with Crippen molar-refractivity contribution in [2.45, 2.75) is 25.7 Å². The minimum atomic E-state index is -0.781. The highest BCUT2D eigenvalue weighted by Crippen LogP contribution is 2.49. The van der Waals surface area contributed by atoms with E-state index in [2.05, 4.69) is 0 Å². The molecular weight excluding hydrogens is 194 g/mol. The second-order valence-corrected chi connectivity index (χ2v) is 4.78. The Morgan fingerprint density at radius 3 is 2.53 bits per heavy atom. The molecule has 1 saturated heterocycles. The van der Waals surface area contributed by atoms with E-state index in [0.29, 0.717) is 25.6 Å². The van der Waals surface area contributed by atoms with Crippen LogP contribution in [0.25, 0.3) is 0 Å². The minimum absolute atomic E-state index is 0.301. The van der Waals surface area contributed by atoms with Crippen LogP contribution in [0.3, 0.4) is 0 Å². The summed E-state index contributed by atoms with van der Waals surface area (Å²) in [5, 5.41) is 17.6. The summed E-state index contributed by atoms with van der Waals surface area (Å²) in [5.74, 6) is 2.20. The Morgan fingerprint density at radius 2 is 2.00 bits per heavy atom. The van der Waals surface area contributed by atoms with Crippen LogP contribution in [0.2, 0.25) is 0 Å². The summed E-state index contributed by atoms with van der Waals surface area (Å²) in [6.45, 7) is 1.69. The monoisotopic (exact) mass is 213 g/mol. The van der Waals surface area contributed by atoms with Gasteiger partial charge in [0, 0.05) is 19.7 Å². The third kappa shape index (κ3) is 2.43. The maximum atomic E-state index is 10.7. The van der Waals surface area contributed by atoms with Gasteiger partial charge >= 0.3 is 6.09 Å². The number of rotatable bonds is 3. The van der Waals surface area contributed by atoms with Crippen LogP contribution in [0.5, 0.6) is 0 Å². The Balaban J connectivity index is 1.73. The van der Waals surface area contributed by atoms with Gasteiger partial charge in [0.1, 0.15) is 0 Å². The number of carbonyl (C=O) groups is 1. The van der Waals surface area contributed by atoms with Crippen LogP contribution in [-0.2, 0) is 0 Å². The zero-order valence-corrected chi connectivity index (χ0v) is 8.93. The smallest absolute Gasteiger partial charge is 0.407 e. The van der Waals surface area contributed by atoms with Gasteiger partial charge < -0.3 is 15.1 Å². The molecule has 2 rings (SSSR count). The first-order chi connectivity index (χ1) is 7.22. The molecule has 0 radical (unpaired) electrons. The second-order valence-electron chi connectivity index (χ2n) is 4.78. The average molecular weight is 213 g/mol. The van der Waals surface area contributed by atoms with Crippen molar-refractivity contribution in [1.82, 2.24) is 4.90 Å². The Hall–Kier alpha value is -0.770. The lowest BCUT2D eigenvalue weighted by molar-refractivity contribution is 0.119. The van der Waals surface area contributed by atoms with E-state index in [1.807, 2.05) is 0 Å². The number of piperidine rings is 1. The fourth-order valence-corrected chi connectivity index (χ4v) is 2.87. The topological polar surface area (TPSA) is 60.8 Å². The van der Waals surface area contributed by atoms with E-state index in [4.69, 9.17) is 10.2 Å². The summed E-state index contributed by atoms with van der Waals surface area (Å²) in [7, 11) is 0. The van der Waals surface area contributed by atoms with Crippen LogP contribution in [0.15, 0.2) is 0 Å². The molecule has 2 N–H and O–H groups in total. The van der Waals surface area contributed by atoms with Crippen LogP contribution >= 0.6 is 0 Å². The summed E-state index contributed by atoms with van der Waals surface area (Å²) in [6.07, 6.45) is 3.43. The minimum Gasteiger partial charge on any atom is -0.465 e. The molecule has 0 bridgehead atoms. The summed E-state index contributed by atoms with van der Waals surface area (Å²) >= 11 is 0. The van der Waals surface area contributed by atoms with E-state index in [1.54, 1.807) is 0 Å². The van der Waals surface area contributed by atoms with Crippen LogP contribution in [0, 0.1) is 17.8 Å². The lowest BCUT2D eigenvalue weighted by atomic mass is 9.91. The van der Waals surface area contributed by atoms with E-state index >= 15 is 0 Å². The standard InChI is InChI=1S/C11H19NO3/c13-6-3-9-7-10(9)8-1-4-12(5-2-8)11(14)15/h8-10,13H,1-7H2,(H,14,15)/t9-,10-/m1/s1. The second kappa shape index (κ2) is 4.39. The number of carboxylic acid groups (broad SMARTS) is 1. The van der Waals surface area contributed by atoms with Gasteiger partial charge in [-0.05, 0) is 43.4 Å². The quantitative estimate of drug-likeness (QED) is 0.744. The van der Waals surface area contributed by atoms with E-state index in [-0.39, 0.29) is 0 Å². The molecule has 4 heteroatoms. The molecule has 0 aromatic heterocycles. The maximum Gasteiger partial charge on any atom is 0.407 e. The molecule has 15 heavy (non-hydrogen) atoms. The predicted octanol–water partition coefficient (Wildman–Crippen LogP) is 1.39. The molecule has 0 unspecified atom stereocenters. The lowest BCUT2D eigenvalue weighted by Crippen LogP contribution is -2.38. The molecule has 1 amide bonds. The normalized spacial score (nSPS) is 31.7. The van der Waals surface area contributed by atoms with Crippen molar-refractivity contribution >= 4 is 6.09 Å². The number of hydrogen-bond donors (Lipinski definition) is 2. The Bertz CT molecular complexity index is 236. The SMILES string of the molecule is O=C(O)N1CCC([C@H]2C[C@H]2CCO)CC1. The highest BCUT2D eigenvalue weighted by Gasteiger charge is 2.43. The van der Waals surface area contributed by atoms with Crippen LogP contribution in [0.1, 0.15) is 25.7 Å². The molecule has 0 spiro atoms. The first-order valence-electron chi connectivity index (χ1n) is 5.81. The van der Waals surface area contributed by atoms with Gasteiger partial charge in [-0.3, -0.25) is 0 Å². The third-order valence-electron chi connectivity index (χ3n) is 3.89. The van der Waals surface area contributed by atoms with Gasteiger partial charge in [0.2, 0.25) is 0 Å². The number of nitrogens with zero attached hydrogens (tertiary/aromatic N) is 1. The number of hydrogen-bond acceptors (Lipinski definition) is 2. The fraction of sp³-hybridized carbons (Fsp3) is 0.909. The van der Waals surface area contributed by atoms with Gasteiger partial charge in [-0.15, -0.1) is 0 Å². The Labute approximate surface area is 89.9 Å². The molecule has 1 aliphatic heterocycles. The largest absolute Gasteiger partial charge is 0.465 e. The van der Waals surface area contributed by atoms with Gasteiger partial charge in [0.05, 0.1) is 0 Å². The van der Waals surface area contributed by atoms with Gasteiger partial charge in [-0.1, -0.05) is 0 Å². The summed E-state index contributed by atoms with van der Waals surface area (Å²) in [6, 6.07) is 0. The third-order valence-corrected chi connectivity index (χ3v) is 3.89. The molecule has 4 nitrogen and oxygen atoms in total. The Morgan fingerprint density at radius 1 is 1.33 bits per heavy atom. The van der Waals surface area contributed by atoms with E-state index in [9.17, 15) is 4.79 Å². The highest BCUT2D eigenvalue weighted by atomic mass is 16.4. The van der Waals surface area contributed by atoms with Crippen molar-refractivity contribution in [2.24, 2.45) is 17.8 Å². The number of aliphatic hydroxyl groups is 1. The molecular formula is C11H19NO3. The van der Waals surface area contributed by atoms with Gasteiger partial charge in [-0.25, -0.2) is 4.79 Å². The predicted molar refractivity (Wildman–Crippen MR) is 55.6 cm³/mol. The zero-order valence-electron chi connectivity index (χ0n) is 8.93. The Kier molecular flexibility index (Phi) is 3.14. The summed E-state index contributed by atoms with van der Waals surface area (Å²) in [4.78, 5) is 12.2. The van der Waals surface area contributed by atoms with Crippen LogP contribution in [-0.4, -0.2) is 40.9 Å². The fourth-order valence-electron chi connectivity index (χ4n) is 2.87. The molecule has 1 heterocycles. The van der Waals surface area contributed by atoms with E-state index < -0.39 is 6.09 Å². The maximum absolute atomic E-state index is 10.7. The summed E-state index contributed by atoms with van der Waals surface area (Å²) < 4.78 is 0. The van der Waals surface area contributed by atoms with Crippen LogP contribution in [0.4, 0.5) is 4.79 Å². The number of aliphatic hydroxyl groups excluding tert-OH is 1. The molecule has 2 fully saturated rings. The highest BCUT2D eigenvalue weighted by molar-refractivity contribution is 5.64. The van der Waals surface area contributed by atoms with Crippen LogP contribution < -0.4 is 0 Å². The number of amides is 1. The molecule has 0 aromatic carbocycles. The van der Waals surface area contributed by atoms with Gasteiger partial charge in [-0.2, -0.15) is 0 Å². The zero-order chi connectivity index (χ0) is 10.8. The van der Waals surface area contributed by atoms with Crippen molar-refractivity contribution in [3.8, 4) is 0 Å². The molecule has 1 aliphatic carbocycles. The first-order valence-corrected chi connectivity index (χ1v) is 5.81. The molecule has 2 atom stereocenters. The van der Waals surface area contributed by atoms with Gasteiger partial charge in [0.15, 0.2) is 0 Å². The van der Waals surface area contributed by atoms with Crippen molar-refractivity contribution in [3.05, 3.63) is 0 Å². The van der Waals surface area contributed by atoms with Crippen molar-refractivity contribution in [2.75, 3.05) is 19.7 Å². The van der Waals surface area contributed by atoms with E-state index in [1.165, 1.54) is 11.3 Å². The van der Waals surface area contributed by atoms with Crippen molar-refractivity contribution in [1.29, 1.82) is 0 Å². The molecule has 86 valence electrons. The summed E-state index contributed by atoms with van der Waals surface area (Å²) in [5.41, 5.74) is 0. The van der Waals surface area contributed by atoms with Gasteiger partial charge in [0.25, 0.3) is 0 Å². The molecule has 0 aromatic rings. The van der Waals surface area contributed by atoms with E-state index in [0.717, 1.165) is 31.1 Å². The van der Waals surface area contributed by atoms with Crippen molar-refractivity contribution in [3.63, 3.8) is 0 Å². The molecule has 1 saturated carbocycles. The van der Waals surface area contributed by atoms with Crippen molar-refractivity contribution < 1.29 is 15.0 Å².